The number of fused-ring (bicyclic) bond motifs is 1. The van der Waals surface area contributed by atoms with E-state index in [1.807, 2.05) is 18.2 Å². The van der Waals surface area contributed by atoms with E-state index < -0.39 is 0 Å². The van der Waals surface area contributed by atoms with Crippen LogP contribution in [0.4, 0.5) is 11.4 Å². The average Bonchev–Trinajstić information content (AvgIpc) is 2.77. The van der Waals surface area contributed by atoms with Crippen LogP contribution in [0.25, 0.3) is 5.70 Å². The molecule has 0 spiro atoms. The highest BCUT2D eigenvalue weighted by Gasteiger charge is 2.24. The summed E-state index contributed by atoms with van der Waals surface area (Å²) in [5.74, 6) is 0. The zero-order valence-electron chi connectivity index (χ0n) is 10.5. The molecule has 2 nitrogen and oxygen atoms in total. The maximum atomic E-state index is 4.24. The molecule has 0 saturated carbocycles. The zero-order chi connectivity index (χ0) is 12.5. The summed E-state index contributed by atoms with van der Waals surface area (Å²) in [4.78, 5) is 4.49. The van der Waals surface area contributed by atoms with Crippen molar-refractivity contribution in [2.24, 2.45) is 0 Å². The van der Waals surface area contributed by atoms with Crippen LogP contribution >= 0.6 is 0 Å². The van der Waals surface area contributed by atoms with Gasteiger partial charge in [-0.05, 0) is 17.7 Å². The molecule has 1 heterocycles. The molecular formula is C16H16N2. The molecule has 0 bridgehead atoms. The Hall–Kier alpha value is -2.22. The van der Waals surface area contributed by atoms with Crippen molar-refractivity contribution in [1.29, 1.82) is 0 Å². The van der Waals surface area contributed by atoms with Crippen molar-refractivity contribution in [2.75, 3.05) is 23.5 Å². The van der Waals surface area contributed by atoms with Gasteiger partial charge in [0.1, 0.15) is 0 Å². The Balaban J connectivity index is 1.98. The second-order valence-electron chi connectivity index (χ2n) is 4.57. The van der Waals surface area contributed by atoms with Crippen LogP contribution in [0.1, 0.15) is 5.56 Å². The molecule has 90 valence electrons. The molecule has 0 atom stereocenters. The topological polar surface area (TPSA) is 6.48 Å². The first-order valence-corrected chi connectivity index (χ1v) is 6.09. The summed E-state index contributed by atoms with van der Waals surface area (Å²) in [5.41, 5.74) is 4.71. The minimum absolute atomic E-state index is 0.854. The fourth-order valence-corrected chi connectivity index (χ4v) is 2.40. The molecule has 2 heteroatoms. The Morgan fingerprint density at radius 2 is 1.56 bits per heavy atom. The first kappa shape index (κ1) is 10.9. The standard InChI is InChI=1S/C16H16N2/c1-13(14-8-4-3-5-9-14)18-12-17(2)15-10-6-7-11-16(15)18/h3-11H,1,12H2,2H3. The molecule has 18 heavy (non-hydrogen) atoms. The van der Waals surface area contributed by atoms with Crippen LogP contribution in [0.3, 0.4) is 0 Å². The summed E-state index contributed by atoms with van der Waals surface area (Å²) in [7, 11) is 2.11. The Morgan fingerprint density at radius 3 is 2.28 bits per heavy atom. The van der Waals surface area contributed by atoms with Gasteiger partial charge in [-0.1, -0.05) is 49.0 Å². The first-order valence-electron chi connectivity index (χ1n) is 6.09. The number of benzene rings is 2. The number of hydrogen-bond donors (Lipinski definition) is 0. The molecule has 2 aromatic carbocycles. The fraction of sp³-hybridized carbons (Fsp3) is 0.125. The fourth-order valence-electron chi connectivity index (χ4n) is 2.40. The van der Waals surface area contributed by atoms with Gasteiger partial charge in [0.05, 0.1) is 18.0 Å². The number of para-hydroxylation sites is 2. The summed E-state index contributed by atoms with van der Waals surface area (Å²) in [6, 6.07) is 18.8. The van der Waals surface area contributed by atoms with E-state index in [0.717, 1.165) is 12.4 Å². The van der Waals surface area contributed by atoms with Crippen LogP contribution in [0, 0.1) is 0 Å². The maximum absolute atomic E-state index is 4.24. The quantitative estimate of drug-likeness (QED) is 0.786. The van der Waals surface area contributed by atoms with E-state index in [1.165, 1.54) is 16.9 Å². The summed E-state index contributed by atoms with van der Waals surface area (Å²) in [5, 5.41) is 0. The highest BCUT2D eigenvalue weighted by atomic mass is 15.4. The number of nitrogens with zero attached hydrogens (tertiary/aromatic N) is 2. The largest absolute Gasteiger partial charge is 0.355 e. The molecule has 0 radical (unpaired) electrons. The van der Waals surface area contributed by atoms with Crippen LogP contribution in [0.5, 0.6) is 0 Å². The third-order valence-corrected chi connectivity index (χ3v) is 3.37. The van der Waals surface area contributed by atoms with Crippen LogP contribution in [0.2, 0.25) is 0 Å². The monoisotopic (exact) mass is 236 g/mol. The second-order valence-corrected chi connectivity index (χ2v) is 4.57. The van der Waals surface area contributed by atoms with E-state index in [4.69, 9.17) is 0 Å². The van der Waals surface area contributed by atoms with Crippen LogP contribution in [0.15, 0.2) is 61.2 Å². The van der Waals surface area contributed by atoms with Gasteiger partial charge in [0, 0.05) is 12.7 Å². The zero-order valence-corrected chi connectivity index (χ0v) is 10.5. The molecule has 2 aromatic rings. The number of hydrogen-bond acceptors (Lipinski definition) is 2. The lowest BCUT2D eigenvalue weighted by atomic mass is 10.1. The van der Waals surface area contributed by atoms with Gasteiger partial charge in [0.2, 0.25) is 0 Å². The molecule has 0 amide bonds. The predicted octanol–water partition coefficient (Wildman–Crippen LogP) is 3.57. The van der Waals surface area contributed by atoms with E-state index in [1.54, 1.807) is 0 Å². The van der Waals surface area contributed by atoms with Gasteiger partial charge >= 0.3 is 0 Å². The van der Waals surface area contributed by atoms with Gasteiger partial charge < -0.3 is 9.80 Å². The van der Waals surface area contributed by atoms with E-state index in [-0.39, 0.29) is 0 Å². The molecular weight excluding hydrogens is 220 g/mol. The Bertz CT molecular complexity index is 575. The summed E-state index contributed by atoms with van der Waals surface area (Å²) in [6.45, 7) is 5.09. The lowest BCUT2D eigenvalue weighted by molar-refractivity contribution is 0.955. The first-order chi connectivity index (χ1) is 8.77. The van der Waals surface area contributed by atoms with E-state index in [0.29, 0.717) is 0 Å². The lowest BCUT2D eigenvalue weighted by Gasteiger charge is -2.22. The molecule has 0 aromatic heterocycles. The van der Waals surface area contributed by atoms with Crippen molar-refractivity contribution < 1.29 is 0 Å². The second kappa shape index (κ2) is 4.22. The Labute approximate surface area is 108 Å². The normalized spacial score (nSPS) is 13.6. The van der Waals surface area contributed by atoms with Gasteiger partial charge in [0.15, 0.2) is 0 Å². The molecule has 0 N–H and O–H groups in total. The van der Waals surface area contributed by atoms with E-state index in [2.05, 4.69) is 59.8 Å². The van der Waals surface area contributed by atoms with Crippen molar-refractivity contribution in [3.63, 3.8) is 0 Å². The smallest absolute Gasteiger partial charge is 0.0950 e. The Morgan fingerprint density at radius 1 is 0.944 bits per heavy atom. The van der Waals surface area contributed by atoms with Gasteiger partial charge in [-0.3, -0.25) is 0 Å². The lowest BCUT2D eigenvalue weighted by Crippen LogP contribution is -2.26. The molecule has 0 fully saturated rings. The van der Waals surface area contributed by atoms with Crippen LogP contribution in [-0.2, 0) is 0 Å². The highest BCUT2D eigenvalue weighted by Crippen LogP contribution is 2.38. The summed E-state index contributed by atoms with van der Waals surface area (Å²) < 4.78 is 0. The minimum atomic E-state index is 0.854. The maximum Gasteiger partial charge on any atom is 0.0950 e. The van der Waals surface area contributed by atoms with Gasteiger partial charge in [-0.2, -0.15) is 0 Å². The third kappa shape index (κ3) is 1.66. The average molecular weight is 236 g/mol. The van der Waals surface area contributed by atoms with Crippen LogP contribution < -0.4 is 9.80 Å². The highest BCUT2D eigenvalue weighted by molar-refractivity contribution is 5.88. The number of anilines is 2. The van der Waals surface area contributed by atoms with Crippen molar-refractivity contribution in [3.8, 4) is 0 Å². The third-order valence-electron chi connectivity index (χ3n) is 3.37. The predicted molar refractivity (Wildman–Crippen MR) is 77.7 cm³/mol. The Kier molecular flexibility index (Phi) is 2.56. The van der Waals surface area contributed by atoms with Gasteiger partial charge in [-0.25, -0.2) is 0 Å². The molecule has 0 unspecified atom stereocenters. The van der Waals surface area contributed by atoms with Crippen molar-refractivity contribution in [3.05, 3.63) is 66.7 Å². The summed E-state index contributed by atoms with van der Waals surface area (Å²) in [6.07, 6.45) is 0. The molecule has 1 aliphatic rings. The SMILES string of the molecule is C=C(c1ccccc1)N1CN(C)c2ccccc21. The minimum Gasteiger partial charge on any atom is -0.355 e. The molecule has 3 rings (SSSR count). The van der Waals surface area contributed by atoms with Crippen molar-refractivity contribution >= 4 is 17.1 Å². The number of rotatable bonds is 2. The van der Waals surface area contributed by atoms with Crippen molar-refractivity contribution in [2.45, 2.75) is 0 Å². The summed E-state index contributed by atoms with van der Waals surface area (Å²) >= 11 is 0. The van der Waals surface area contributed by atoms with Gasteiger partial charge in [-0.15, -0.1) is 0 Å². The molecule has 1 aliphatic heterocycles. The molecule has 0 aliphatic carbocycles. The van der Waals surface area contributed by atoms with Gasteiger partial charge in [0.25, 0.3) is 0 Å². The van der Waals surface area contributed by atoms with Crippen molar-refractivity contribution in [1.82, 2.24) is 0 Å². The molecule has 0 saturated heterocycles. The van der Waals surface area contributed by atoms with E-state index >= 15 is 0 Å². The van der Waals surface area contributed by atoms with E-state index in [9.17, 15) is 0 Å². The van der Waals surface area contributed by atoms with Crippen LogP contribution in [-0.4, -0.2) is 13.7 Å².